The molecule has 0 saturated heterocycles. The minimum absolute atomic E-state index is 1.09. The van der Waals surface area contributed by atoms with Crippen molar-refractivity contribution in [2.45, 2.75) is 0 Å². The topological polar surface area (TPSA) is 8.17 Å². The number of aromatic nitrogens is 1. The van der Waals surface area contributed by atoms with Crippen LogP contribution in [0.4, 0.5) is 17.1 Å². The van der Waals surface area contributed by atoms with Gasteiger partial charge in [0, 0.05) is 33.0 Å². The predicted octanol–water partition coefficient (Wildman–Crippen LogP) is 15.6. The minimum atomic E-state index is 1.09. The third-order valence-electron chi connectivity index (χ3n) is 11.6. The van der Waals surface area contributed by atoms with Gasteiger partial charge >= 0.3 is 0 Å². The number of para-hydroxylation sites is 2. The highest BCUT2D eigenvalue weighted by Crippen LogP contribution is 2.47. The summed E-state index contributed by atoms with van der Waals surface area (Å²) in [4.78, 5) is 2.48. The minimum Gasteiger partial charge on any atom is -0.309 e. The third kappa shape index (κ3) is 5.66. The second-order valence-corrected chi connectivity index (χ2v) is 14.9. The van der Waals surface area contributed by atoms with Gasteiger partial charge in [-0.15, -0.1) is 0 Å². The molecule has 1 aromatic heterocycles. The Morgan fingerprint density at radius 2 is 0.862 bits per heavy atom. The molecule has 0 fully saturated rings. The third-order valence-corrected chi connectivity index (χ3v) is 11.6. The van der Waals surface area contributed by atoms with Crippen LogP contribution in [-0.4, -0.2) is 4.57 Å². The Hall–Kier alpha value is -7.68. The molecule has 272 valence electrons. The first-order valence-corrected chi connectivity index (χ1v) is 19.9. The zero-order chi connectivity index (χ0) is 38.4. The van der Waals surface area contributed by atoms with Crippen LogP contribution in [0.2, 0.25) is 0 Å². The molecule has 2 nitrogen and oxygen atoms in total. The van der Waals surface area contributed by atoms with E-state index in [0.29, 0.717) is 0 Å². The van der Waals surface area contributed by atoms with Gasteiger partial charge in [0.25, 0.3) is 0 Å². The molecule has 0 bridgehead atoms. The molecule has 58 heavy (non-hydrogen) atoms. The molecule has 10 aromatic carbocycles. The van der Waals surface area contributed by atoms with Crippen LogP contribution in [0.25, 0.3) is 82.4 Å². The Kier molecular flexibility index (Phi) is 8.19. The van der Waals surface area contributed by atoms with Crippen LogP contribution in [0.3, 0.4) is 0 Å². The van der Waals surface area contributed by atoms with Crippen molar-refractivity contribution < 1.29 is 0 Å². The van der Waals surface area contributed by atoms with Crippen LogP contribution in [0.15, 0.2) is 231 Å². The average Bonchev–Trinajstić information content (AvgIpc) is 3.63. The summed E-state index contributed by atoms with van der Waals surface area (Å²) in [5.74, 6) is 0. The van der Waals surface area contributed by atoms with Crippen LogP contribution >= 0.6 is 0 Å². The first-order chi connectivity index (χ1) is 28.8. The summed E-state index contributed by atoms with van der Waals surface area (Å²) in [6.45, 7) is 0. The highest BCUT2D eigenvalue weighted by Gasteiger charge is 2.23. The molecular formula is C56H38N2. The predicted molar refractivity (Wildman–Crippen MR) is 247 cm³/mol. The fourth-order valence-electron chi connectivity index (χ4n) is 8.91. The Labute approximate surface area is 338 Å². The lowest BCUT2D eigenvalue weighted by atomic mass is 9.97. The van der Waals surface area contributed by atoms with Crippen molar-refractivity contribution in [3.05, 3.63) is 231 Å². The lowest BCUT2D eigenvalue weighted by Gasteiger charge is -2.30. The summed E-state index contributed by atoms with van der Waals surface area (Å²) < 4.78 is 2.48. The Bertz CT molecular complexity index is 3270. The molecule has 2 heteroatoms. The van der Waals surface area contributed by atoms with Gasteiger partial charge in [0.2, 0.25) is 0 Å². The zero-order valence-corrected chi connectivity index (χ0v) is 31.8. The summed E-state index contributed by atoms with van der Waals surface area (Å²) in [6, 6.07) is 83.8. The fraction of sp³-hybridized carbons (Fsp3) is 0. The first-order valence-electron chi connectivity index (χ1n) is 19.9. The van der Waals surface area contributed by atoms with Crippen molar-refractivity contribution >= 4 is 60.4 Å². The molecule has 0 aliphatic carbocycles. The highest BCUT2D eigenvalue weighted by atomic mass is 15.1. The van der Waals surface area contributed by atoms with Crippen LogP contribution in [0, 0.1) is 0 Å². The quantitative estimate of drug-likeness (QED) is 0.148. The van der Waals surface area contributed by atoms with E-state index < -0.39 is 0 Å². The molecule has 0 N–H and O–H groups in total. The van der Waals surface area contributed by atoms with E-state index in [2.05, 4.69) is 240 Å². The molecule has 11 rings (SSSR count). The van der Waals surface area contributed by atoms with E-state index in [9.17, 15) is 0 Å². The van der Waals surface area contributed by atoms with Gasteiger partial charge in [0.1, 0.15) is 0 Å². The van der Waals surface area contributed by atoms with Gasteiger partial charge in [-0.1, -0.05) is 188 Å². The maximum atomic E-state index is 2.48. The first kappa shape index (κ1) is 33.6. The van der Waals surface area contributed by atoms with Crippen LogP contribution in [-0.2, 0) is 0 Å². The van der Waals surface area contributed by atoms with Gasteiger partial charge in [-0.25, -0.2) is 0 Å². The number of benzene rings is 10. The number of fused-ring (bicyclic) bond motifs is 6. The Balaban J connectivity index is 1.22. The largest absolute Gasteiger partial charge is 0.309 e. The van der Waals surface area contributed by atoms with Gasteiger partial charge in [-0.05, 0) is 80.9 Å². The molecule has 0 atom stereocenters. The van der Waals surface area contributed by atoms with Gasteiger partial charge in [0.05, 0.1) is 28.1 Å². The Morgan fingerprint density at radius 1 is 0.293 bits per heavy atom. The number of anilines is 3. The second-order valence-electron chi connectivity index (χ2n) is 14.9. The molecule has 0 saturated carbocycles. The summed E-state index contributed by atoms with van der Waals surface area (Å²) in [5.41, 5.74) is 13.9. The van der Waals surface area contributed by atoms with Crippen molar-refractivity contribution in [2.75, 3.05) is 4.90 Å². The summed E-state index contributed by atoms with van der Waals surface area (Å²) in [6.07, 6.45) is 0. The van der Waals surface area contributed by atoms with E-state index in [1.165, 1.54) is 71.2 Å². The summed E-state index contributed by atoms with van der Waals surface area (Å²) >= 11 is 0. The number of rotatable bonds is 7. The van der Waals surface area contributed by atoms with Crippen molar-refractivity contribution in [1.82, 2.24) is 4.57 Å². The van der Waals surface area contributed by atoms with E-state index in [1.807, 2.05) is 0 Å². The second kappa shape index (κ2) is 14.1. The highest BCUT2D eigenvalue weighted by molar-refractivity contribution is 6.16. The van der Waals surface area contributed by atoms with Crippen LogP contribution < -0.4 is 4.90 Å². The molecule has 11 aromatic rings. The van der Waals surface area contributed by atoms with Crippen molar-refractivity contribution in [3.8, 4) is 39.1 Å². The average molecular weight is 739 g/mol. The standard InChI is InChI=1S/C56H38N2/c1-4-18-39(19-5-1)42-32-35-54(51(36-42)41-22-8-3-9-23-41)58-53-31-17-15-29-49(53)50-34-33-44(38-56(50)58)57(52-30-16-14-26-46(52)40-20-6-2-7-21-40)55-37-43-24-10-11-25-45(43)47-27-12-13-28-48(47)55/h1-38H. The molecule has 0 aliphatic rings. The molecule has 0 unspecified atom stereocenters. The molecule has 0 radical (unpaired) electrons. The van der Waals surface area contributed by atoms with Gasteiger partial charge < -0.3 is 9.47 Å². The molecule has 0 aliphatic heterocycles. The molecule has 1 heterocycles. The SMILES string of the molecule is c1ccc(-c2ccc(-n3c4ccccc4c4ccc(N(c5ccccc5-c5ccccc5)c5cc6ccccc6c6ccccc56)cc43)c(-c3ccccc3)c2)cc1. The monoisotopic (exact) mass is 738 g/mol. The van der Waals surface area contributed by atoms with Gasteiger partial charge in [0.15, 0.2) is 0 Å². The normalized spacial score (nSPS) is 11.4. The van der Waals surface area contributed by atoms with Crippen molar-refractivity contribution in [2.24, 2.45) is 0 Å². The van der Waals surface area contributed by atoms with Gasteiger partial charge in [-0.2, -0.15) is 0 Å². The van der Waals surface area contributed by atoms with Crippen molar-refractivity contribution in [3.63, 3.8) is 0 Å². The van der Waals surface area contributed by atoms with E-state index in [4.69, 9.17) is 0 Å². The van der Waals surface area contributed by atoms with Crippen molar-refractivity contribution in [1.29, 1.82) is 0 Å². The maximum Gasteiger partial charge on any atom is 0.0562 e. The smallest absolute Gasteiger partial charge is 0.0562 e. The van der Waals surface area contributed by atoms with E-state index >= 15 is 0 Å². The molecule has 0 spiro atoms. The van der Waals surface area contributed by atoms with Crippen LogP contribution in [0.5, 0.6) is 0 Å². The lowest BCUT2D eigenvalue weighted by molar-refractivity contribution is 1.18. The Morgan fingerprint density at radius 3 is 1.62 bits per heavy atom. The maximum absolute atomic E-state index is 2.48. The van der Waals surface area contributed by atoms with Gasteiger partial charge in [-0.3, -0.25) is 0 Å². The number of nitrogens with zero attached hydrogens (tertiary/aromatic N) is 2. The molecule has 0 amide bonds. The number of hydrogen-bond acceptors (Lipinski definition) is 1. The fourth-order valence-corrected chi connectivity index (χ4v) is 8.91. The lowest BCUT2D eigenvalue weighted by Crippen LogP contribution is -2.12. The van der Waals surface area contributed by atoms with E-state index in [1.54, 1.807) is 0 Å². The van der Waals surface area contributed by atoms with E-state index in [0.717, 1.165) is 28.3 Å². The number of hydrogen-bond donors (Lipinski definition) is 0. The summed E-state index contributed by atoms with van der Waals surface area (Å²) in [5, 5.41) is 7.33. The molecular weight excluding hydrogens is 701 g/mol. The van der Waals surface area contributed by atoms with E-state index in [-0.39, 0.29) is 0 Å². The summed E-state index contributed by atoms with van der Waals surface area (Å²) in [7, 11) is 0. The van der Waals surface area contributed by atoms with Crippen LogP contribution in [0.1, 0.15) is 0 Å². The zero-order valence-electron chi connectivity index (χ0n) is 31.8.